The molecule has 1 N–H and O–H groups in total. The quantitative estimate of drug-likeness (QED) is 0.148. The summed E-state index contributed by atoms with van der Waals surface area (Å²) >= 11 is 0. The van der Waals surface area contributed by atoms with Gasteiger partial charge in [-0.15, -0.1) is 0 Å². The number of nitrogens with zero attached hydrogens (tertiary/aromatic N) is 7. The van der Waals surface area contributed by atoms with Crippen LogP contribution in [0, 0.1) is 18.3 Å². The monoisotopic (exact) mass is 776 g/mol. The highest BCUT2D eigenvalue weighted by molar-refractivity contribution is 7.85. The number of amides is 1. The Morgan fingerprint density at radius 2 is 1.69 bits per heavy atom. The number of rotatable bonds is 8. The molecule has 286 valence electrons. The molecule has 3 heterocycles. The summed E-state index contributed by atoms with van der Waals surface area (Å²) in [5, 5.41) is 16.3. The number of hydrogen-bond acceptors (Lipinski definition) is 9. The van der Waals surface area contributed by atoms with Crippen molar-refractivity contribution in [2.75, 3.05) is 21.1 Å². The van der Waals surface area contributed by atoms with Gasteiger partial charge in [-0.05, 0) is 74.5 Å². The highest BCUT2D eigenvalue weighted by Gasteiger charge is 2.32. The first-order chi connectivity index (χ1) is 25.8. The third-order valence-corrected chi connectivity index (χ3v) is 8.84. The van der Waals surface area contributed by atoms with Gasteiger partial charge in [0.05, 0.1) is 78.4 Å². The van der Waals surface area contributed by atoms with Gasteiger partial charge in [-0.3, -0.25) is 4.57 Å². The van der Waals surface area contributed by atoms with E-state index in [0.717, 1.165) is 21.3 Å². The normalized spacial score (nSPS) is 12.4. The number of aromatic nitrogens is 5. The fraction of sp³-hybridized carbons (Fsp3) is 0.216. The van der Waals surface area contributed by atoms with E-state index in [4.69, 9.17) is 4.42 Å². The van der Waals surface area contributed by atoms with E-state index < -0.39 is 39.6 Å². The molecule has 0 saturated heterocycles. The molecule has 0 saturated carbocycles. The van der Waals surface area contributed by atoms with Gasteiger partial charge in [0.1, 0.15) is 28.4 Å². The summed E-state index contributed by atoms with van der Waals surface area (Å²) < 4.78 is 81.5. The molecule has 6 rings (SSSR count). The molecule has 6 aromatic rings. The standard InChI is InChI=1S/C31H29F3N8O3.C6H6O3S/c1-19(28-36-17-25(45-28)18-42(3,4)5)38-29(43)40-27(26-13-14-37-41(26)23-11-9-21(16-35)10-12-23)20(2)39(30(40)44)24-8-6-7-22(15-24)31(32,33)34;7-10(8,9)6-4-2-1-3-5-6/h6-15,17,19H,18H2,1-5H3;1-5H,(H,7,8,9). The summed E-state index contributed by atoms with van der Waals surface area (Å²) in [5.74, 6) is 0.826. The summed E-state index contributed by atoms with van der Waals surface area (Å²) in [6.45, 7) is 3.73. The van der Waals surface area contributed by atoms with Crippen LogP contribution in [0.4, 0.5) is 18.0 Å². The molecule has 0 aliphatic rings. The van der Waals surface area contributed by atoms with Gasteiger partial charge >= 0.3 is 17.9 Å². The molecule has 0 fully saturated rings. The second-order valence-corrected chi connectivity index (χ2v) is 14.7. The average molecular weight is 777 g/mol. The van der Waals surface area contributed by atoms with Crippen molar-refractivity contribution in [3.63, 3.8) is 0 Å². The molecule has 3 aromatic heterocycles. The van der Waals surface area contributed by atoms with Gasteiger partial charge in [-0.25, -0.2) is 32.2 Å². The Morgan fingerprint density at radius 1 is 1.02 bits per heavy atom. The van der Waals surface area contributed by atoms with E-state index >= 15 is 0 Å². The minimum atomic E-state index is -4.65. The van der Waals surface area contributed by atoms with Crippen molar-refractivity contribution in [1.29, 1.82) is 5.26 Å². The highest BCUT2D eigenvalue weighted by Crippen LogP contribution is 2.32. The molecule has 18 heteroatoms. The summed E-state index contributed by atoms with van der Waals surface area (Å²) in [5.41, 5.74) is -0.370. The number of nitrogens with one attached hydrogen (secondary N) is 1. The predicted octanol–water partition coefficient (Wildman–Crippen LogP) is 5.79. The molecule has 0 radical (unpaired) electrons. The largest absolute Gasteiger partial charge is 0.744 e. The van der Waals surface area contributed by atoms with Crippen molar-refractivity contribution < 1.29 is 39.8 Å². The van der Waals surface area contributed by atoms with E-state index in [1.165, 1.54) is 54.2 Å². The Hall–Kier alpha value is -6.29. The van der Waals surface area contributed by atoms with Crippen LogP contribution in [0.3, 0.4) is 0 Å². The first-order valence-corrected chi connectivity index (χ1v) is 17.8. The van der Waals surface area contributed by atoms with Crippen LogP contribution in [0.15, 0.2) is 111 Å². The van der Waals surface area contributed by atoms with Crippen LogP contribution in [0.25, 0.3) is 22.8 Å². The van der Waals surface area contributed by atoms with Gasteiger partial charge in [0.25, 0.3) is 0 Å². The average Bonchev–Trinajstić information content (AvgIpc) is 3.85. The molecule has 0 spiro atoms. The van der Waals surface area contributed by atoms with Gasteiger partial charge in [0.15, 0.2) is 5.76 Å². The minimum absolute atomic E-state index is 0.0738. The number of carbonyl (C=O) groups excluding carboxylic acids is 1. The lowest BCUT2D eigenvalue weighted by Gasteiger charge is -2.21. The predicted molar refractivity (Wildman–Crippen MR) is 192 cm³/mol. The molecular formula is C37H35F3N8O6S. The summed E-state index contributed by atoms with van der Waals surface area (Å²) in [4.78, 5) is 32.0. The van der Waals surface area contributed by atoms with Gasteiger partial charge in [-0.2, -0.15) is 23.5 Å². The molecule has 55 heavy (non-hydrogen) atoms. The summed E-state index contributed by atoms with van der Waals surface area (Å²) in [6.07, 6.45) is -1.61. The Balaban J connectivity index is 0.000000504. The zero-order valence-electron chi connectivity index (χ0n) is 30.1. The molecular weight excluding hydrogens is 742 g/mol. The van der Waals surface area contributed by atoms with Crippen LogP contribution in [-0.4, -0.2) is 68.5 Å². The zero-order chi connectivity index (χ0) is 40.3. The Labute approximate surface area is 313 Å². The second-order valence-electron chi connectivity index (χ2n) is 13.3. The number of benzene rings is 3. The Morgan fingerprint density at radius 3 is 2.27 bits per heavy atom. The van der Waals surface area contributed by atoms with Gasteiger partial charge in [0, 0.05) is 0 Å². The number of quaternary nitrogens is 1. The van der Waals surface area contributed by atoms with E-state index in [9.17, 15) is 41.0 Å². The number of alkyl halides is 3. The number of imidazole rings is 1. The number of nitriles is 1. The van der Waals surface area contributed by atoms with E-state index in [2.05, 4.69) is 15.4 Å². The first-order valence-electron chi connectivity index (χ1n) is 16.4. The number of carbonyl (C=O) groups is 1. The second kappa shape index (κ2) is 15.6. The molecule has 0 bridgehead atoms. The maximum absolute atomic E-state index is 14.0. The van der Waals surface area contributed by atoms with Crippen molar-refractivity contribution in [1.82, 2.24) is 29.2 Å². The fourth-order valence-electron chi connectivity index (χ4n) is 5.55. The molecule has 1 unspecified atom stereocenters. The van der Waals surface area contributed by atoms with E-state index in [1.807, 2.05) is 27.2 Å². The first kappa shape index (κ1) is 39.9. The lowest BCUT2D eigenvalue weighted by atomic mass is 10.2. The van der Waals surface area contributed by atoms with Gasteiger partial charge < -0.3 is 18.8 Å². The lowest BCUT2D eigenvalue weighted by molar-refractivity contribution is -0.884. The van der Waals surface area contributed by atoms with E-state index in [0.29, 0.717) is 33.7 Å². The summed E-state index contributed by atoms with van der Waals surface area (Å²) in [6, 6.07) is 20.0. The topological polar surface area (TPSA) is 181 Å². The maximum atomic E-state index is 14.0. The molecule has 1 amide bonds. The van der Waals surface area contributed by atoms with Crippen LogP contribution in [0.5, 0.6) is 0 Å². The third-order valence-electron chi connectivity index (χ3n) is 7.99. The smallest absolute Gasteiger partial charge is 0.416 e. The Bertz CT molecular complexity index is 2530. The van der Waals surface area contributed by atoms with Crippen LogP contribution in [0.2, 0.25) is 0 Å². The molecule has 14 nitrogen and oxygen atoms in total. The number of hydrogen-bond donors (Lipinski definition) is 1. The number of halogens is 3. The number of oxazole rings is 1. The van der Waals surface area contributed by atoms with Crippen molar-refractivity contribution in [2.24, 2.45) is 0 Å². The van der Waals surface area contributed by atoms with Crippen molar-refractivity contribution in [3.05, 3.63) is 136 Å². The lowest BCUT2D eigenvalue weighted by Crippen LogP contribution is -2.38. The minimum Gasteiger partial charge on any atom is -0.744 e. The van der Waals surface area contributed by atoms with Crippen LogP contribution >= 0.6 is 0 Å². The van der Waals surface area contributed by atoms with Gasteiger partial charge in [-0.1, -0.05) is 24.3 Å². The van der Waals surface area contributed by atoms with Crippen molar-refractivity contribution >= 4 is 16.1 Å². The third kappa shape index (κ3) is 9.27. The van der Waals surface area contributed by atoms with Crippen molar-refractivity contribution in [2.45, 2.75) is 37.5 Å². The zero-order valence-corrected chi connectivity index (χ0v) is 31.0. The highest BCUT2D eigenvalue weighted by atomic mass is 32.2. The fourth-order valence-corrected chi connectivity index (χ4v) is 6.04. The summed E-state index contributed by atoms with van der Waals surface area (Å²) in [7, 11) is 1.71. The van der Waals surface area contributed by atoms with E-state index in [-0.39, 0.29) is 27.9 Å². The van der Waals surface area contributed by atoms with Crippen LogP contribution in [0.1, 0.15) is 41.4 Å². The Kier molecular flexibility index (Phi) is 11.3. The van der Waals surface area contributed by atoms with Gasteiger partial charge in [0.2, 0.25) is 5.89 Å². The molecule has 3 aromatic carbocycles. The molecule has 1 atom stereocenters. The molecule has 0 aliphatic heterocycles. The molecule has 0 aliphatic carbocycles. The van der Waals surface area contributed by atoms with Crippen LogP contribution < -0.4 is 11.0 Å². The van der Waals surface area contributed by atoms with Crippen LogP contribution in [-0.2, 0) is 22.8 Å². The van der Waals surface area contributed by atoms with E-state index in [1.54, 1.807) is 49.5 Å². The SMILES string of the molecule is Cc1c(-c2ccnn2-c2ccc(C#N)cc2)n(C(=O)NC(C)c2ncc(C[N+](C)(C)C)o2)c(=O)n1-c1cccc(C(F)(F)F)c1.O=S(=O)([O-])c1ccccc1. The maximum Gasteiger partial charge on any atom is 0.416 e. The van der Waals surface area contributed by atoms with Crippen molar-refractivity contribution in [3.8, 4) is 28.8 Å².